The van der Waals surface area contributed by atoms with Crippen LogP contribution < -0.4 is 0 Å². The van der Waals surface area contributed by atoms with Gasteiger partial charge in [-0.05, 0) is 218 Å². The molecule has 0 spiro atoms. The molecule has 0 aliphatic heterocycles. The minimum atomic E-state index is 0.690. The molecule has 6 heterocycles. The van der Waals surface area contributed by atoms with Crippen molar-refractivity contribution in [2.75, 3.05) is 0 Å². The predicted molar refractivity (Wildman–Crippen MR) is 606 cm³/mol. The Hall–Kier alpha value is -19.5. The van der Waals surface area contributed by atoms with Crippen LogP contribution in [0.2, 0.25) is 0 Å². The van der Waals surface area contributed by atoms with Crippen LogP contribution in [0.4, 0.5) is 0 Å². The molecule has 0 saturated heterocycles. The van der Waals surface area contributed by atoms with Crippen LogP contribution >= 0.6 is 0 Å². The van der Waals surface area contributed by atoms with Crippen LogP contribution in [0.3, 0.4) is 0 Å². The average Bonchev–Trinajstić information content (AvgIpc) is 1.71. The smallest absolute Gasteiger partial charge is 0.162 e. The molecule has 6 aromatic heterocycles. The van der Waals surface area contributed by atoms with E-state index in [4.69, 9.17) is 29.9 Å². The molecule has 29 rings (SSSR count). The van der Waals surface area contributed by atoms with Gasteiger partial charge in [0.15, 0.2) is 17.5 Å². The fourth-order valence-electron chi connectivity index (χ4n) is 21.5. The van der Waals surface area contributed by atoms with Gasteiger partial charge >= 0.3 is 0 Å². The Morgan fingerprint density at radius 3 is 0.641 bits per heavy atom. The summed E-state index contributed by atoms with van der Waals surface area (Å²) in [6.45, 7) is 0. The maximum absolute atomic E-state index is 5.49. The second kappa shape index (κ2) is 36.1. The molecule has 676 valence electrons. The molecular weight excluding hydrogens is 1760 g/mol. The lowest BCUT2D eigenvalue weighted by molar-refractivity contribution is 1.08. The number of para-hydroxylation sites is 3. The van der Waals surface area contributed by atoms with Gasteiger partial charge in [0.25, 0.3) is 0 Å². The minimum Gasteiger partial charge on any atom is -0.293 e. The highest BCUT2D eigenvalue weighted by Crippen LogP contribution is 2.48. The third kappa shape index (κ3) is 15.4. The molecule has 9 heteroatoms. The Morgan fingerprint density at radius 2 is 0.331 bits per heavy atom. The van der Waals surface area contributed by atoms with E-state index in [0.29, 0.717) is 17.5 Å². The summed E-state index contributed by atoms with van der Waals surface area (Å²) in [7, 11) is 0. The largest absolute Gasteiger partial charge is 0.293 e. The van der Waals surface area contributed by atoms with E-state index in [-0.39, 0.29) is 0 Å². The predicted octanol–water partition coefficient (Wildman–Crippen LogP) is 35.5. The van der Waals surface area contributed by atoms with Gasteiger partial charge in [-0.1, -0.05) is 431 Å². The van der Waals surface area contributed by atoms with Crippen molar-refractivity contribution in [2.24, 2.45) is 0 Å². The van der Waals surface area contributed by atoms with Crippen LogP contribution in [0.1, 0.15) is 0 Å². The Kier molecular flexibility index (Phi) is 21.1. The Labute approximate surface area is 836 Å². The average molecular weight is 1850 g/mol. The van der Waals surface area contributed by atoms with E-state index < -0.39 is 0 Å². The zero-order valence-corrected chi connectivity index (χ0v) is 78.8. The normalized spacial score (nSPS) is 11.6. The quantitative estimate of drug-likeness (QED) is 0.114. The lowest BCUT2D eigenvalue weighted by atomic mass is 9.92. The van der Waals surface area contributed by atoms with Gasteiger partial charge < -0.3 is 0 Å². The third-order valence-electron chi connectivity index (χ3n) is 28.5. The topological polar surface area (TPSA) is 92.1 Å². The van der Waals surface area contributed by atoms with E-state index in [1.165, 1.54) is 75.6 Å². The van der Waals surface area contributed by atoms with E-state index in [2.05, 4.69) is 517 Å². The number of hydrogen-bond donors (Lipinski definition) is 0. The van der Waals surface area contributed by atoms with E-state index in [9.17, 15) is 0 Å². The summed E-state index contributed by atoms with van der Waals surface area (Å²) in [6, 6.07) is 187. The molecule has 0 saturated carbocycles. The second-order valence-electron chi connectivity index (χ2n) is 37.1. The third-order valence-corrected chi connectivity index (χ3v) is 28.5. The van der Waals surface area contributed by atoms with Crippen LogP contribution in [0.15, 0.2) is 528 Å². The van der Waals surface area contributed by atoms with Gasteiger partial charge in [-0.2, -0.15) is 0 Å². The SMILES string of the molecule is c1ccc(-c2cc3nc(-c4ccc5ccccc5c4)nc(-n4c5ccccc5c5cc6ccccc6cc54)c3cc2-c2ccccc2)cc1.c1ccc(-c2ccc(-c3nc(-n4c5ccccc5c5cc6ccccc6cc54)c4cc(-c5ccccc5)c(-c5ccccc5)cc4n3)cc2)cc1.c1ccc(-c2nc(-n3c4ccccc4c4cc5ccccc5cc43)c3cc(-c4ccccc4)c(-c4ccccc4)cc3n2)cc1. The molecule has 0 fully saturated rings. The summed E-state index contributed by atoms with van der Waals surface area (Å²) in [5, 5.41) is 19.8. The Bertz CT molecular complexity index is 10100. The zero-order chi connectivity index (χ0) is 95.8. The number of rotatable bonds is 13. The maximum Gasteiger partial charge on any atom is 0.162 e. The summed E-state index contributed by atoms with van der Waals surface area (Å²) in [4.78, 5) is 32.2. The van der Waals surface area contributed by atoms with Crippen molar-refractivity contribution < 1.29 is 0 Å². The van der Waals surface area contributed by atoms with Crippen molar-refractivity contribution in [3.8, 4) is 130 Å². The number of fused-ring (bicyclic) bond motifs is 16. The molecule has 0 atom stereocenters. The Morgan fingerprint density at radius 1 is 0.117 bits per heavy atom. The molecule has 0 radical (unpaired) electrons. The first kappa shape index (κ1) is 84.8. The summed E-state index contributed by atoms with van der Waals surface area (Å²) < 4.78 is 7.03. The lowest BCUT2D eigenvalue weighted by Gasteiger charge is -2.17. The van der Waals surface area contributed by atoms with Crippen molar-refractivity contribution in [1.29, 1.82) is 0 Å². The van der Waals surface area contributed by atoms with Gasteiger partial charge in [-0.15, -0.1) is 0 Å². The van der Waals surface area contributed by atoms with Crippen molar-refractivity contribution in [2.45, 2.75) is 0 Å². The molecule has 0 unspecified atom stereocenters. The molecule has 23 aromatic carbocycles. The van der Waals surface area contributed by atoms with E-state index in [0.717, 1.165) is 178 Å². The van der Waals surface area contributed by atoms with Gasteiger partial charge in [0.2, 0.25) is 0 Å². The highest BCUT2D eigenvalue weighted by atomic mass is 15.1. The van der Waals surface area contributed by atoms with Gasteiger partial charge in [0.05, 0.1) is 49.7 Å². The standard InChI is InChI=1S/C48H31N3.C46H29N3.C42H27N3/c1-4-14-32(15-5-1)33-24-26-36(27-25-33)47-49-44-31-41(35-18-8-3-9-19-35)40(34-16-6-2-7-17-34)30-43(44)48(50-47)51-45-23-13-12-22-39(45)42-28-37-20-10-11-21-38(37)29-46(42)51;1-3-14-31(15-4-1)38-28-41-42(29-39(38)32-16-5-2-6-17-32)47-45(36-24-23-30-13-7-8-18-33(30)25-36)48-46(41)49-43-22-12-11-21-37(43)40-26-34-19-9-10-20-35(34)27-44(40)49;1-4-14-28(15-5-1)34-26-37-38(27-35(34)29-16-6-2-7-17-29)43-41(30-18-8-3-9-19-30)44-42(37)45-39-23-13-12-22-33(39)36-24-31-20-10-11-21-32(31)25-40(36)45/h1-31H;1-29H;1-27H. The first-order valence-electron chi connectivity index (χ1n) is 49.3. The fraction of sp³-hybridized carbons (Fsp3) is 0. The molecule has 0 aliphatic rings. The summed E-state index contributed by atoms with van der Waals surface area (Å²) in [6.07, 6.45) is 0. The van der Waals surface area contributed by atoms with Crippen LogP contribution in [0.5, 0.6) is 0 Å². The van der Waals surface area contributed by atoms with Gasteiger partial charge in [0, 0.05) is 65.2 Å². The lowest BCUT2D eigenvalue weighted by Crippen LogP contribution is -2.03. The number of hydrogen-bond acceptors (Lipinski definition) is 6. The molecule has 29 aromatic rings. The minimum absolute atomic E-state index is 0.690. The fourth-order valence-corrected chi connectivity index (χ4v) is 21.5. The van der Waals surface area contributed by atoms with E-state index in [1.54, 1.807) is 0 Å². The van der Waals surface area contributed by atoms with Crippen LogP contribution in [0.25, 0.3) is 271 Å². The van der Waals surface area contributed by atoms with E-state index in [1.807, 2.05) is 24.3 Å². The van der Waals surface area contributed by atoms with Crippen molar-refractivity contribution in [3.63, 3.8) is 0 Å². The zero-order valence-electron chi connectivity index (χ0n) is 78.8. The molecule has 0 bridgehead atoms. The number of aromatic nitrogens is 9. The van der Waals surface area contributed by atoms with Crippen molar-refractivity contribution in [3.05, 3.63) is 528 Å². The second-order valence-corrected chi connectivity index (χ2v) is 37.1. The van der Waals surface area contributed by atoms with Gasteiger partial charge in [-0.25, -0.2) is 29.9 Å². The van der Waals surface area contributed by atoms with Gasteiger partial charge in [0.1, 0.15) is 17.5 Å². The van der Waals surface area contributed by atoms with E-state index >= 15 is 0 Å². The van der Waals surface area contributed by atoms with Crippen LogP contribution in [-0.4, -0.2) is 43.6 Å². The molecular formula is C136H87N9. The Balaban J connectivity index is 0.000000108. The molecule has 0 amide bonds. The number of benzene rings is 23. The van der Waals surface area contributed by atoms with Crippen molar-refractivity contribution in [1.82, 2.24) is 43.6 Å². The van der Waals surface area contributed by atoms with Crippen LogP contribution in [-0.2, 0) is 0 Å². The summed E-state index contributed by atoms with van der Waals surface area (Å²) >= 11 is 0. The first-order valence-corrected chi connectivity index (χ1v) is 49.3. The molecule has 0 aliphatic carbocycles. The highest BCUT2D eigenvalue weighted by molar-refractivity contribution is 6.19. The first-order chi connectivity index (χ1) is 71.9. The summed E-state index contributed by atoms with van der Waals surface area (Å²) in [5.74, 6) is 4.70. The molecule has 145 heavy (non-hydrogen) atoms. The molecule has 9 nitrogen and oxygen atoms in total. The highest BCUT2D eigenvalue weighted by Gasteiger charge is 2.27. The van der Waals surface area contributed by atoms with Crippen molar-refractivity contribution >= 4 is 141 Å². The van der Waals surface area contributed by atoms with Crippen LogP contribution in [0, 0.1) is 0 Å². The monoisotopic (exact) mass is 1850 g/mol. The number of nitrogens with zero attached hydrogens (tertiary/aromatic N) is 9. The molecule has 0 N–H and O–H groups in total. The van der Waals surface area contributed by atoms with Gasteiger partial charge in [-0.3, -0.25) is 13.7 Å². The maximum atomic E-state index is 5.49. The summed E-state index contributed by atoms with van der Waals surface area (Å²) in [5.41, 5.74) is 28.5.